The molecule has 6 heteroatoms. The molecule has 0 aromatic rings. The maximum absolute atomic E-state index is 11.9. The lowest BCUT2D eigenvalue weighted by molar-refractivity contribution is -0.149. The number of aliphatic carboxylic acids is 1. The van der Waals surface area contributed by atoms with E-state index < -0.39 is 18.1 Å². The fraction of sp³-hybridized carbons (Fsp3) is 0.800. The number of carbonyl (C=O) groups is 2. The van der Waals surface area contributed by atoms with Gasteiger partial charge in [-0.05, 0) is 13.3 Å². The predicted octanol–water partition coefficient (Wildman–Crippen LogP) is 0.488. The molecule has 0 radical (unpaired) electrons. The van der Waals surface area contributed by atoms with E-state index in [0.717, 1.165) is 12.8 Å². The van der Waals surface area contributed by atoms with Crippen molar-refractivity contribution < 1.29 is 14.7 Å². The van der Waals surface area contributed by atoms with Crippen LogP contribution in [0.4, 0.5) is 0 Å². The Morgan fingerprint density at radius 2 is 2.25 bits per heavy atom. The second kappa shape index (κ2) is 5.54. The first-order valence-corrected chi connectivity index (χ1v) is 6.46. The summed E-state index contributed by atoms with van der Waals surface area (Å²) in [6.07, 6.45) is 1.74. The quantitative estimate of drug-likeness (QED) is 0.754. The van der Waals surface area contributed by atoms with Crippen LogP contribution in [0.1, 0.15) is 26.7 Å². The third-order valence-electron chi connectivity index (χ3n) is 2.56. The molecular formula is C10H18N2O3S. The highest BCUT2D eigenvalue weighted by atomic mass is 32.2. The highest BCUT2D eigenvalue weighted by molar-refractivity contribution is 8.00. The van der Waals surface area contributed by atoms with Crippen molar-refractivity contribution in [3.63, 3.8) is 0 Å². The normalized spacial score (nSPS) is 26.8. The van der Waals surface area contributed by atoms with Gasteiger partial charge in [0.15, 0.2) is 0 Å². The Morgan fingerprint density at radius 1 is 1.62 bits per heavy atom. The standard InChI is InChI=1S/C10H18N2O3S/c1-3-4-8-12(9(13)6(2)11)7(5-16-8)10(14)15/h6-8H,3-5,11H2,1-2H3,(H,14,15)/t6-,7?,8?/m1/s1. The lowest BCUT2D eigenvalue weighted by Crippen LogP contribution is -2.51. The molecule has 1 fully saturated rings. The molecule has 3 N–H and O–H groups in total. The molecule has 1 heterocycles. The second-order valence-electron chi connectivity index (χ2n) is 3.96. The van der Waals surface area contributed by atoms with Crippen molar-refractivity contribution in [2.75, 3.05) is 5.75 Å². The van der Waals surface area contributed by atoms with Crippen LogP contribution in [0.25, 0.3) is 0 Å². The van der Waals surface area contributed by atoms with Gasteiger partial charge in [0, 0.05) is 5.75 Å². The zero-order valence-corrected chi connectivity index (χ0v) is 10.4. The third-order valence-corrected chi connectivity index (χ3v) is 3.91. The molecule has 0 spiro atoms. The number of thioether (sulfide) groups is 1. The van der Waals surface area contributed by atoms with E-state index >= 15 is 0 Å². The molecule has 1 aliphatic heterocycles. The van der Waals surface area contributed by atoms with Crippen molar-refractivity contribution in [2.45, 2.75) is 44.1 Å². The van der Waals surface area contributed by atoms with Crippen molar-refractivity contribution in [2.24, 2.45) is 5.73 Å². The lowest BCUT2D eigenvalue weighted by atomic mass is 10.2. The Hall–Kier alpha value is -0.750. The number of hydrogen-bond donors (Lipinski definition) is 2. The molecule has 3 atom stereocenters. The summed E-state index contributed by atoms with van der Waals surface area (Å²) in [6, 6.07) is -1.36. The highest BCUT2D eigenvalue weighted by Crippen LogP contribution is 2.32. The summed E-state index contributed by atoms with van der Waals surface area (Å²) in [5, 5.41) is 9.01. The summed E-state index contributed by atoms with van der Waals surface area (Å²) in [6.45, 7) is 3.61. The number of amides is 1. The zero-order valence-electron chi connectivity index (χ0n) is 9.55. The number of carbonyl (C=O) groups excluding carboxylic acids is 1. The molecule has 1 aliphatic rings. The van der Waals surface area contributed by atoms with E-state index in [0.29, 0.717) is 5.75 Å². The number of rotatable bonds is 4. The van der Waals surface area contributed by atoms with Gasteiger partial charge in [-0.3, -0.25) is 4.79 Å². The van der Waals surface area contributed by atoms with Crippen LogP contribution in [0, 0.1) is 0 Å². The predicted molar refractivity (Wildman–Crippen MR) is 63.1 cm³/mol. The van der Waals surface area contributed by atoms with Crippen LogP contribution >= 0.6 is 11.8 Å². The van der Waals surface area contributed by atoms with Crippen molar-refractivity contribution in [3.05, 3.63) is 0 Å². The molecule has 0 bridgehead atoms. The van der Waals surface area contributed by atoms with E-state index in [1.807, 2.05) is 6.92 Å². The van der Waals surface area contributed by atoms with Gasteiger partial charge in [0.05, 0.1) is 11.4 Å². The van der Waals surface area contributed by atoms with Crippen LogP contribution in [-0.2, 0) is 9.59 Å². The van der Waals surface area contributed by atoms with Crippen molar-refractivity contribution >= 4 is 23.6 Å². The fourth-order valence-electron chi connectivity index (χ4n) is 1.75. The Labute approximate surface area is 99.4 Å². The molecule has 1 saturated heterocycles. The van der Waals surface area contributed by atoms with Gasteiger partial charge in [0.1, 0.15) is 6.04 Å². The molecule has 5 nitrogen and oxygen atoms in total. The molecular weight excluding hydrogens is 228 g/mol. The first-order valence-electron chi connectivity index (χ1n) is 5.41. The largest absolute Gasteiger partial charge is 0.480 e. The number of nitrogens with zero attached hydrogens (tertiary/aromatic N) is 1. The summed E-state index contributed by atoms with van der Waals surface area (Å²) >= 11 is 1.53. The van der Waals surface area contributed by atoms with E-state index in [2.05, 4.69) is 0 Å². The summed E-state index contributed by atoms with van der Waals surface area (Å²) in [7, 11) is 0. The molecule has 1 amide bonds. The first kappa shape index (κ1) is 13.3. The maximum atomic E-state index is 11.9. The van der Waals surface area contributed by atoms with Gasteiger partial charge in [0.25, 0.3) is 0 Å². The Balaban J connectivity index is 2.84. The molecule has 0 aliphatic carbocycles. The van der Waals surface area contributed by atoms with Crippen molar-refractivity contribution in [1.29, 1.82) is 0 Å². The summed E-state index contributed by atoms with van der Waals surface area (Å²) < 4.78 is 0. The van der Waals surface area contributed by atoms with Crippen LogP contribution in [0.15, 0.2) is 0 Å². The third kappa shape index (κ3) is 2.68. The topological polar surface area (TPSA) is 83.6 Å². The van der Waals surface area contributed by atoms with Crippen LogP contribution in [0.5, 0.6) is 0 Å². The van der Waals surface area contributed by atoms with Crippen LogP contribution in [0.2, 0.25) is 0 Å². The number of nitrogens with two attached hydrogens (primary N) is 1. The van der Waals surface area contributed by atoms with E-state index in [9.17, 15) is 9.59 Å². The van der Waals surface area contributed by atoms with Gasteiger partial charge in [-0.25, -0.2) is 4.79 Å². The average molecular weight is 246 g/mol. The molecule has 2 unspecified atom stereocenters. The van der Waals surface area contributed by atoms with Gasteiger partial charge >= 0.3 is 5.97 Å². The average Bonchev–Trinajstić information content (AvgIpc) is 2.61. The number of carboxylic acids is 1. The fourth-order valence-corrected chi connectivity index (χ4v) is 3.28. The molecule has 0 saturated carbocycles. The Bertz CT molecular complexity index is 283. The van der Waals surface area contributed by atoms with Crippen LogP contribution in [0.3, 0.4) is 0 Å². The molecule has 1 rings (SSSR count). The van der Waals surface area contributed by atoms with E-state index in [-0.39, 0.29) is 11.3 Å². The van der Waals surface area contributed by atoms with Crippen LogP contribution in [-0.4, -0.2) is 45.1 Å². The highest BCUT2D eigenvalue weighted by Gasteiger charge is 2.41. The Kier molecular flexibility index (Phi) is 4.61. The summed E-state index contributed by atoms with van der Waals surface area (Å²) in [4.78, 5) is 24.4. The van der Waals surface area contributed by atoms with Gasteiger partial charge in [0.2, 0.25) is 5.91 Å². The molecule has 0 aromatic heterocycles. The minimum absolute atomic E-state index is 0.0374. The molecule has 16 heavy (non-hydrogen) atoms. The SMILES string of the molecule is CCCC1SCC(C(=O)O)N1C(=O)[C@@H](C)N. The van der Waals surface area contributed by atoms with Crippen molar-refractivity contribution in [1.82, 2.24) is 4.90 Å². The van der Waals surface area contributed by atoms with Crippen LogP contribution < -0.4 is 5.73 Å². The van der Waals surface area contributed by atoms with Crippen molar-refractivity contribution in [3.8, 4) is 0 Å². The minimum atomic E-state index is -0.944. The van der Waals surface area contributed by atoms with E-state index in [1.165, 1.54) is 16.7 Å². The minimum Gasteiger partial charge on any atom is -0.480 e. The van der Waals surface area contributed by atoms with Gasteiger partial charge < -0.3 is 15.7 Å². The molecule has 0 aromatic carbocycles. The Morgan fingerprint density at radius 3 is 2.69 bits per heavy atom. The van der Waals surface area contributed by atoms with E-state index in [1.54, 1.807) is 6.92 Å². The monoisotopic (exact) mass is 246 g/mol. The van der Waals surface area contributed by atoms with E-state index in [4.69, 9.17) is 10.8 Å². The van der Waals surface area contributed by atoms with Gasteiger partial charge in [-0.1, -0.05) is 13.3 Å². The second-order valence-corrected chi connectivity index (χ2v) is 5.18. The number of hydrogen-bond acceptors (Lipinski definition) is 4. The first-order chi connectivity index (χ1) is 7.49. The number of carboxylic acid groups (broad SMARTS) is 1. The maximum Gasteiger partial charge on any atom is 0.327 e. The summed E-state index contributed by atoms with van der Waals surface area (Å²) in [5.41, 5.74) is 5.54. The smallest absolute Gasteiger partial charge is 0.327 e. The van der Waals surface area contributed by atoms with Gasteiger partial charge in [-0.15, -0.1) is 11.8 Å². The van der Waals surface area contributed by atoms with Gasteiger partial charge in [-0.2, -0.15) is 0 Å². The lowest BCUT2D eigenvalue weighted by Gasteiger charge is -2.28. The summed E-state index contributed by atoms with van der Waals surface area (Å²) in [5.74, 6) is -0.755. The molecule has 92 valence electrons. The zero-order chi connectivity index (χ0) is 12.3.